The first-order valence-electron chi connectivity index (χ1n) is 7.15. The Kier molecular flexibility index (Phi) is 6.19. The van der Waals surface area contributed by atoms with Gasteiger partial charge >= 0.3 is 0 Å². The highest BCUT2D eigenvalue weighted by atomic mass is 32.2. The molecule has 0 aliphatic rings. The molecule has 0 fully saturated rings. The molecule has 0 saturated carbocycles. The molecule has 0 saturated heterocycles. The molecule has 0 aliphatic heterocycles. The summed E-state index contributed by atoms with van der Waals surface area (Å²) in [6, 6.07) is 4.68. The zero-order valence-electron chi connectivity index (χ0n) is 13.6. The van der Waals surface area contributed by atoms with Crippen molar-refractivity contribution in [3.8, 4) is 0 Å². The van der Waals surface area contributed by atoms with Crippen LogP contribution in [0.25, 0.3) is 0 Å². The quantitative estimate of drug-likeness (QED) is 0.753. The van der Waals surface area contributed by atoms with Crippen LogP contribution < -0.4 is 10.5 Å². The monoisotopic (exact) mass is 313 g/mol. The Labute approximate surface area is 128 Å². The molecule has 0 amide bonds. The Morgan fingerprint density at radius 1 is 1.29 bits per heavy atom. The average molecular weight is 313 g/mol. The molecular formula is C15H27N3O2S. The van der Waals surface area contributed by atoms with Crippen LogP contribution in [0.15, 0.2) is 23.1 Å². The summed E-state index contributed by atoms with van der Waals surface area (Å²) in [6.45, 7) is 6.65. The first kappa shape index (κ1) is 17.9. The summed E-state index contributed by atoms with van der Waals surface area (Å²) in [6.07, 6.45) is 0.797. The van der Waals surface area contributed by atoms with Crippen molar-refractivity contribution in [2.24, 2.45) is 5.92 Å². The number of rotatable bonds is 7. The number of hydrogen-bond acceptors (Lipinski definition) is 4. The van der Waals surface area contributed by atoms with Crippen LogP contribution in [0.2, 0.25) is 0 Å². The number of aryl methyl sites for hydroxylation is 1. The van der Waals surface area contributed by atoms with E-state index < -0.39 is 10.0 Å². The second-order valence-corrected chi connectivity index (χ2v) is 7.94. The van der Waals surface area contributed by atoms with E-state index in [1.165, 1.54) is 0 Å². The maximum atomic E-state index is 12.5. The molecular weight excluding hydrogens is 286 g/mol. The van der Waals surface area contributed by atoms with Crippen molar-refractivity contribution in [2.75, 3.05) is 26.4 Å². The van der Waals surface area contributed by atoms with Crippen LogP contribution in [0.4, 0.5) is 5.69 Å². The van der Waals surface area contributed by atoms with E-state index in [2.05, 4.69) is 18.6 Å². The number of nitrogens with one attached hydrogen (secondary N) is 1. The smallest absolute Gasteiger partial charge is 0.240 e. The SMILES string of the molecule is Cc1cc(S(=O)(=O)NC(CC(C)C)CN(C)C)ccc1N. The lowest BCUT2D eigenvalue weighted by atomic mass is 10.0. The van der Waals surface area contributed by atoms with Gasteiger partial charge in [-0.3, -0.25) is 0 Å². The third-order valence-corrected chi connectivity index (χ3v) is 4.73. The maximum Gasteiger partial charge on any atom is 0.240 e. The lowest BCUT2D eigenvalue weighted by Gasteiger charge is -2.24. The first-order valence-corrected chi connectivity index (χ1v) is 8.63. The Hall–Kier alpha value is -1.11. The third kappa shape index (κ3) is 5.65. The molecule has 0 radical (unpaired) electrons. The fourth-order valence-electron chi connectivity index (χ4n) is 2.27. The molecule has 5 nitrogen and oxygen atoms in total. The normalized spacial score (nSPS) is 13.9. The van der Waals surface area contributed by atoms with E-state index in [1.54, 1.807) is 25.1 Å². The summed E-state index contributed by atoms with van der Waals surface area (Å²) in [5, 5.41) is 0. The van der Waals surface area contributed by atoms with Crippen molar-refractivity contribution >= 4 is 15.7 Å². The second-order valence-electron chi connectivity index (χ2n) is 6.23. The first-order chi connectivity index (χ1) is 9.61. The maximum absolute atomic E-state index is 12.5. The highest BCUT2D eigenvalue weighted by Gasteiger charge is 2.21. The standard InChI is InChI=1S/C15H27N3O2S/c1-11(2)8-13(10-18(4)5)17-21(19,20)14-6-7-15(16)12(3)9-14/h6-7,9,11,13,17H,8,10,16H2,1-5H3. The molecule has 0 heterocycles. The molecule has 1 aromatic carbocycles. The molecule has 6 heteroatoms. The minimum atomic E-state index is -3.52. The molecule has 1 unspecified atom stereocenters. The summed E-state index contributed by atoms with van der Waals surface area (Å²) in [5.41, 5.74) is 7.11. The van der Waals surface area contributed by atoms with Crippen LogP contribution in [-0.2, 0) is 10.0 Å². The number of nitrogen functional groups attached to an aromatic ring is 1. The molecule has 120 valence electrons. The van der Waals surface area contributed by atoms with E-state index in [-0.39, 0.29) is 10.9 Å². The van der Waals surface area contributed by atoms with E-state index in [0.29, 0.717) is 18.2 Å². The molecule has 0 aromatic heterocycles. The number of nitrogens with two attached hydrogens (primary N) is 1. The lowest BCUT2D eigenvalue weighted by molar-refractivity contribution is 0.329. The van der Waals surface area contributed by atoms with Gasteiger partial charge in [0.1, 0.15) is 0 Å². The molecule has 21 heavy (non-hydrogen) atoms. The highest BCUT2D eigenvalue weighted by Crippen LogP contribution is 2.18. The Bertz CT molecular complexity index is 558. The van der Waals surface area contributed by atoms with Crippen molar-refractivity contribution in [2.45, 2.75) is 38.1 Å². The molecule has 1 aromatic rings. The van der Waals surface area contributed by atoms with Crippen molar-refractivity contribution in [3.05, 3.63) is 23.8 Å². The van der Waals surface area contributed by atoms with Gasteiger partial charge < -0.3 is 10.6 Å². The zero-order valence-corrected chi connectivity index (χ0v) is 14.4. The van der Waals surface area contributed by atoms with E-state index >= 15 is 0 Å². The minimum Gasteiger partial charge on any atom is -0.399 e. The van der Waals surface area contributed by atoms with Crippen molar-refractivity contribution in [3.63, 3.8) is 0 Å². The van der Waals surface area contributed by atoms with Crippen molar-refractivity contribution < 1.29 is 8.42 Å². The lowest BCUT2D eigenvalue weighted by Crippen LogP contribution is -2.42. The van der Waals surface area contributed by atoms with Gasteiger partial charge in [-0.05, 0) is 57.1 Å². The zero-order chi connectivity index (χ0) is 16.2. The average Bonchev–Trinajstić information content (AvgIpc) is 2.29. The van der Waals surface area contributed by atoms with Gasteiger partial charge in [-0.15, -0.1) is 0 Å². The van der Waals surface area contributed by atoms with Gasteiger partial charge in [-0.1, -0.05) is 13.8 Å². The van der Waals surface area contributed by atoms with Gasteiger partial charge in [0, 0.05) is 18.3 Å². The number of hydrogen-bond donors (Lipinski definition) is 2. The van der Waals surface area contributed by atoms with E-state index in [4.69, 9.17) is 5.73 Å². The summed E-state index contributed by atoms with van der Waals surface area (Å²) in [7, 11) is 0.357. The fourth-order valence-corrected chi connectivity index (χ4v) is 3.60. The van der Waals surface area contributed by atoms with Gasteiger partial charge in [0.15, 0.2) is 0 Å². The fraction of sp³-hybridized carbons (Fsp3) is 0.600. The Morgan fingerprint density at radius 3 is 2.38 bits per heavy atom. The second kappa shape index (κ2) is 7.24. The van der Waals surface area contributed by atoms with E-state index in [1.807, 2.05) is 19.0 Å². The van der Waals surface area contributed by atoms with Crippen molar-refractivity contribution in [1.29, 1.82) is 0 Å². The predicted molar refractivity (Wildman–Crippen MR) is 87.7 cm³/mol. The van der Waals surface area contributed by atoms with E-state index in [9.17, 15) is 8.42 Å². The van der Waals surface area contributed by atoms with Crippen LogP contribution in [0.1, 0.15) is 25.8 Å². The molecule has 0 bridgehead atoms. The minimum absolute atomic E-state index is 0.108. The Morgan fingerprint density at radius 2 is 1.90 bits per heavy atom. The Balaban J connectivity index is 2.96. The summed E-state index contributed by atoms with van der Waals surface area (Å²) < 4.78 is 27.8. The predicted octanol–water partition coefficient (Wildman–Crippen LogP) is 1.83. The van der Waals surface area contributed by atoms with Crippen LogP contribution in [-0.4, -0.2) is 40.0 Å². The van der Waals surface area contributed by atoms with Gasteiger partial charge in [0.2, 0.25) is 10.0 Å². The molecule has 1 atom stereocenters. The van der Waals surface area contributed by atoms with Gasteiger partial charge in [0.05, 0.1) is 4.90 Å². The summed E-state index contributed by atoms with van der Waals surface area (Å²) in [5.74, 6) is 0.422. The van der Waals surface area contributed by atoms with Crippen LogP contribution in [0, 0.1) is 12.8 Å². The summed E-state index contributed by atoms with van der Waals surface area (Å²) in [4.78, 5) is 2.26. The van der Waals surface area contributed by atoms with Gasteiger partial charge in [0.25, 0.3) is 0 Å². The molecule has 1 rings (SSSR count). The molecule has 0 spiro atoms. The van der Waals surface area contributed by atoms with Gasteiger partial charge in [-0.25, -0.2) is 13.1 Å². The van der Waals surface area contributed by atoms with Crippen LogP contribution >= 0.6 is 0 Å². The van der Waals surface area contributed by atoms with Gasteiger partial charge in [-0.2, -0.15) is 0 Å². The van der Waals surface area contributed by atoms with Crippen LogP contribution in [0.3, 0.4) is 0 Å². The van der Waals surface area contributed by atoms with Crippen LogP contribution in [0.5, 0.6) is 0 Å². The van der Waals surface area contributed by atoms with E-state index in [0.717, 1.165) is 12.0 Å². The molecule has 0 aliphatic carbocycles. The summed E-state index contributed by atoms with van der Waals surface area (Å²) >= 11 is 0. The topological polar surface area (TPSA) is 75.4 Å². The molecule has 3 N–H and O–H groups in total. The number of benzene rings is 1. The number of sulfonamides is 1. The number of nitrogens with zero attached hydrogens (tertiary/aromatic N) is 1. The highest BCUT2D eigenvalue weighted by molar-refractivity contribution is 7.89. The van der Waals surface area contributed by atoms with Crippen molar-refractivity contribution in [1.82, 2.24) is 9.62 Å². The number of likely N-dealkylation sites (N-methyl/N-ethyl adjacent to an activating group) is 1. The number of anilines is 1. The third-order valence-electron chi connectivity index (χ3n) is 3.21. The largest absolute Gasteiger partial charge is 0.399 e.